The Hall–Kier alpha value is -3.65. The molecule has 3 aromatic carbocycles. The van der Waals surface area contributed by atoms with Crippen LogP contribution in [0.25, 0.3) is 0 Å². The first-order chi connectivity index (χ1) is 17.2. The molecule has 0 radical (unpaired) electrons. The molecule has 0 saturated heterocycles. The number of amides is 2. The van der Waals surface area contributed by atoms with Gasteiger partial charge in [0.15, 0.2) is 0 Å². The second-order valence-corrected chi connectivity index (χ2v) is 10.5. The van der Waals surface area contributed by atoms with E-state index < -0.39 is 28.5 Å². The van der Waals surface area contributed by atoms with Crippen LogP contribution in [0.5, 0.6) is 0 Å². The predicted octanol–water partition coefficient (Wildman–Crippen LogP) is 4.05. The van der Waals surface area contributed by atoms with Crippen molar-refractivity contribution >= 4 is 27.5 Å². The first-order valence-electron chi connectivity index (χ1n) is 11.9. The van der Waals surface area contributed by atoms with Crippen LogP contribution >= 0.6 is 0 Å². The molecule has 0 aliphatic carbocycles. The Balaban J connectivity index is 2.09. The van der Waals surface area contributed by atoms with Crippen LogP contribution in [0.4, 0.5) is 5.69 Å². The number of nitrogens with one attached hydrogen (secondary N) is 1. The summed E-state index contributed by atoms with van der Waals surface area (Å²) in [7, 11) is -2.54. The summed E-state index contributed by atoms with van der Waals surface area (Å²) in [5.74, 6) is -0.763. The molecule has 0 bridgehead atoms. The minimum Gasteiger partial charge on any atom is -0.357 e. The van der Waals surface area contributed by atoms with Crippen molar-refractivity contribution in [3.05, 3.63) is 95.6 Å². The van der Waals surface area contributed by atoms with Crippen molar-refractivity contribution < 1.29 is 18.0 Å². The second-order valence-electron chi connectivity index (χ2n) is 8.59. The van der Waals surface area contributed by atoms with Crippen molar-refractivity contribution in [2.24, 2.45) is 0 Å². The van der Waals surface area contributed by atoms with Crippen molar-refractivity contribution in [2.75, 3.05) is 17.9 Å². The maximum absolute atomic E-state index is 13.9. The van der Waals surface area contributed by atoms with E-state index in [4.69, 9.17) is 0 Å². The van der Waals surface area contributed by atoms with Crippen molar-refractivity contribution in [2.45, 2.75) is 44.7 Å². The zero-order chi connectivity index (χ0) is 26.3. The number of nitrogens with zero attached hydrogens (tertiary/aromatic N) is 2. The lowest BCUT2D eigenvalue weighted by Gasteiger charge is -2.33. The third kappa shape index (κ3) is 5.94. The van der Waals surface area contributed by atoms with Crippen LogP contribution < -0.4 is 9.62 Å². The number of hydrogen-bond acceptors (Lipinski definition) is 4. The van der Waals surface area contributed by atoms with Crippen LogP contribution in [0.1, 0.15) is 30.0 Å². The van der Waals surface area contributed by atoms with Crippen LogP contribution in [-0.2, 0) is 26.2 Å². The van der Waals surface area contributed by atoms with Gasteiger partial charge in [-0.3, -0.25) is 13.9 Å². The predicted molar refractivity (Wildman–Crippen MR) is 142 cm³/mol. The highest BCUT2D eigenvalue weighted by molar-refractivity contribution is 7.92. The van der Waals surface area contributed by atoms with Gasteiger partial charge < -0.3 is 10.2 Å². The van der Waals surface area contributed by atoms with Crippen LogP contribution in [0, 0.1) is 13.8 Å². The quantitative estimate of drug-likeness (QED) is 0.449. The van der Waals surface area contributed by atoms with Crippen molar-refractivity contribution in [1.29, 1.82) is 0 Å². The minimum absolute atomic E-state index is 0.0895. The lowest BCUT2D eigenvalue weighted by atomic mass is 10.1. The van der Waals surface area contributed by atoms with Gasteiger partial charge in [0.25, 0.3) is 10.0 Å². The Morgan fingerprint density at radius 2 is 1.50 bits per heavy atom. The molecule has 0 aliphatic rings. The summed E-state index contributed by atoms with van der Waals surface area (Å²) in [4.78, 5) is 28.1. The van der Waals surface area contributed by atoms with Gasteiger partial charge in [0.05, 0.1) is 10.6 Å². The Morgan fingerprint density at radius 1 is 0.889 bits per heavy atom. The highest BCUT2D eigenvalue weighted by atomic mass is 32.2. The largest absolute Gasteiger partial charge is 0.357 e. The molecular formula is C28H33N3O4S. The fourth-order valence-electron chi connectivity index (χ4n) is 4.11. The monoisotopic (exact) mass is 507 g/mol. The highest BCUT2D eigenvalue weighted by Crippen LogP contribution is 2.29. The summed E-state index contributed by atoms with van der Waals surface area (Å²) in [5.41, 5.74) is 2.95. The summed E-state index contributed by atoms with van der Waals surface area (Å²) >= 11 is 0. The molecule has 2 amide bonds. The average Bonchev–Trinajstić information content (AvgIpc) is 2.89. The molecule has 0 aliphatic heterocycles. The lowest BCUT2D eigenvalue weighted by Crippen LogP contribution is -2.51. The van der Waals surface area contributed by atoms with E-state index in [1.807, 2.05) is 57.2 Å². The number of sulfonamides is 1. The number of carbonyl (C=O) groups excluding carboxylic acids is 2. The molecule has 0 spiro atoms. The first-order valence-corrected chi connectivity index (χ1v) is 13.3. The van der Waals surface area contributed by atoms with Gasteiger partial charge >= 0.3 is 0 Å². The molecule has 36 heavy (non-hydrogen) atoms. The number of likely N-dealkylation sites (N-methyl/N-ethyl adjacent to an activating group) is 1. The molecule has 0 aromatic heterocycles. The maximum Gasteiger partial charge on any atom is 0.264 e. The number of carbonyl (C=O) groups is 2. The smallest absolute Gasteiger partial charge is 0.264 e. The number of hydrogen-bond donors (Lipinski definition) is 1. The van der Waals surface area contributed by atoms with Crippen LogP contribution in [0.15, 0.2) is 83.8 Å². The molecular weight excluding hydrogens is 474 g/mol. The van der Waals surface area contributed by atoms with Gasteiger partial charge in [-0.1, -0.05) is 67.6 Å². The molecule has 0 saturated carbocycles. The summed E-state index contributed by atoms with van der Waals surface area (Å²) in [6.45, 7) is 5.30. The van der Waals surface area contributed by atoms with Gasteiger partial charge in [-0.2, -0.15) is 0 Å². The maximum atomic E-state index is 13.9. The number of aryl methyl sites for hydroxylation is 1. The van der Waals surface area contributed by atoms with E-state index in [0.717, 1.165) is 21.0 Å². The summed E-state index contributed by atoms with van der Waals surface area (Å²) in [6, 6.07) is 22.0. The standard InChI is InChI=1S/C28H33N3O4S/c1-5-25(28(33)29-4)30(19-23-14-8-6-9-15-23)27(32)20-31(26-18-12-13-21(2)22(26)3)36(34,35)24-16-10-7-11-17-24/h6-18,25H,5,19-20H2,1-4H3,(H,29,33). The van der Waals surface area contributed by atoms with Gasteiger partial charge in [-0.05, 0) is 55.2 Å². The van der Waals surface area contributed by atoms with E-state index in [2.05, 4.69) is 5.32 Å². The summed E-state index contributed by atoms with van der Waals surface area (Å²) < 4.78 is 28.8. The van der Waals surface area contributed by atoms with E-state index in [0.29, 0.717) is 12.1 Å². The number of benzene rings is 3. The van der Waals surface area contributed by atoms with E-state index in [-0.39, 0.29) is 17.3 Å². The van der Waals surface area contributed by atoms with E-state index in [1.54, 1.807) is 30.3 Å². The summed E-state index contributed by atoms with van der Waals surface area (Å²) in [6.07, 6.45) is 0.382. The highest BCUT2D eigenvalue weighted by Gasteiger charge is 2.33. The third-order valence-electron chi connectivity index (χ3n) is 6.28. The molecule has 1 unspecified atom stereocenters. The Kier molecular flexibility index (Phi) is 8.88. The van der Waals surface area contributed by atoms with Gasteiger partial charge in [0.2, 0.25) is 11.8 Å². The molecule has 1 atom stereocenters. The van der Waals surface area contributed by atoms with Gasteiger partial charge in [0, 0.05) is 13.6 Å². The van der Waals surface area contributed by atoms with Crippen molar-refractivity contribution in [1.82, 2.24) is 10.2 Å². The Labute approximate surface area is 213 Å². The zero-order valence-corrected chi connectivity index (χ0v) is 22.0. The molecule has 1 N–H and O–H groups in total. The topological polar surface area (TPSA) is 86.8 Å². The molecule has 8 heteroatoms. The fourth-order valence-corrected chi connectivity index (χ4v) is 5.60. The fraction of sp³-hybridized carbons (Fsp3) is 0.286. The van der Waals surface area contributed by atoms with E-state index in [9.17, 15) is 18.0 Å². The number of anilines is 1. The molecule has 190 valence electrons. The molecule has 3 aromatic rings. The first kappa shape index (κ1) is 26.9. The molecule has 0 fully saturated rings. The van der Waals surface area contributed by atoms with Crippen molar-refractivity contribution in [3.63, 3.8) is 0 Å². The molecule has 0 heterocycles. The third-order valence-corrected chi connectivity index (χ3v) is 8.06. The lowest BCUT2D eigenvalue weighted by molar-refractivity contribution is -0.140. The Bertz CT molecular complexity index is 1290. The Morgan fingerprint density at radius 3 is 2.08 bits per heavy atom. The SMILES string of the molecule is CCC(C(=O)NC)N(Cc1ccccc1)C(=O)CN(c1cccc(C)c1C)S(=O)(=O)c1ccccc1. The minimum atomic E-state index is -4.07. The van der Waals surface area contributed by atoms with Crippen LogP contribution in [0.3, 0.4) is 0 Å². The summed E-state index contributed by atoms with van der Waals surface area (Å²) in [5, 5.41) is 2.63. The van der Waals surface area contributed by atoms with Gasteiger partial charge in [-0.25, -0.2) is 8.42 Å². The number of rotatable bonds is 10. The van der Waals surface area contributed by atoms with E-state index >= 15 is 0 Å². The van der Waals surface area contributed by atoms with E-state index in [1.165, 1.54) is 24.1 Å². The second kappa shape index (κ2) is 11.9. The van der Waals surface area contributed by atoms with Crippen molar-refractivity contribution in [3.8, 4) is 0 Å². The van der Waals surface area contributed by atoms with Crippen LogP contribution in [0.2, 0.25) is 0 Å². The zero-order valence-electron chi connectivity index (χ0n) is 21.1. The normalized spacial score (nSPS) is 12.0. The molecule has 7 nitrogen and oxygen atoms in total. The van der Waals surface area contributed by atoms with Gasteiger partial charge in [0.1, 0.15) is 12.6 Å². The van der Waals surface area contributed by atoms with Crippen LogP contribution in [-0.4, -0.2) is 44.8 Å². The average molecular weight is 508 g/mol. The van der Waals surface area contributed by atoms with Gasteiger partial charge in [-0.15, -0.1) is 0 Å². The molecule has 3 rings (SSSR count).